The normalized spacial score (nSPS) is 19.5. The highest BCUT2D eigenvalue weighted by Gasteiger charge is 2.35. The van der Waals surface area contributed by atoms with E-state index in [0.29, 0.717) is 56.8 Å². The summed E-state index contributed by atoms with van der Waals surface area (Å²) in [5, 5.41) is 12.8. The summed E-state index contributed by atoms with van der Waals surface area (Å²) >= 11 is 0. The van der Waals surface area contributed by atoms with Crippen molar-refractivity contribution in [2.75, 3.05) is 63.8 Å². The van der Waals surface area contributed by atoms with Gasteiger partial charge in [-0.2, -0.15) is 10.2 Å². The molecular formula is C33H43F2N9O2. The van der Waals surface area contributed by atoms with E-state index in [1.54, 1.807) is 37.1 Å². The minimum Gasteiger partial charge on any atom is -0.341 e. The molecule has 4 aliphatic rings. The highest BCUT2D eigenvalue weighted by molar-refractivity contribution is 5.79. The minimum absolute atomic E-state index is 0.0146. The third-order valence-corrected chi connectivity index (χ3v) is 10.1. The molecule has 1 aromatic carbocycles. The number of aromatic nitrogens is 4. The van der Waals surface area contributed by atoms with Gasteiger partial charge in [0.2, 0.25) is 11.8 Å². The number of likely N-dealkylation sites (tertiary alicyclic amines) is 1. The average Bonchev–Trinajstić information content (AvgIpc) is 3.67. The van der Waals surface area contributed by atoms with Crippen LogP contribution in [0.2, 0.25) is 0 Å². The molecule has 7 rings (SSSR count). The van der Waals surface area contributed by atoms with Gasteiger partial charge in [0.05, 0.1) is 25.3 Å². The summed E-state index contributed by atoms with van der Waals surface area (Å²) in [6.45, 7) is 8.76. The molecule has 0 radical (unpaired) electrons. The zero-order valence-electron chi connectivity index (χ0n) is 26.7. The van der Waals surface area contributed by atoms with Crippen LogP contribution in [0.1, 0.15) is 61.0 Å². The summed E-state index contributed by atoms with van der Waals surface area (Å²) in [6, 6.07) is 3.67. The van der Waals surface area contributed by atoms with Gasteiger partial charge < -0.3 is 20.0 Å². The van der Waals surface area contributed by atoms with Crippen molar-refractivity contribution in [2.24, 2.45) is 7.05 Å². The number of carbonyl (C=O) groups is 2. The standard InChI is InChI=1S/C33H43F2N9O2/c1-22(45)42-13-7-29-28(20-42)33(38-44(29)25-5-11-41(12-6-25)31(46)21-40-14-8-36-9-15-40)43-10-3-4-23-16-26(24-18-37-39(2)19-24)27(32(34)35)17-30(23)43/h16-19,25,32,36H,3-15,20-21H2,1-2H3. The number of piperazine rings is 1. The number of alkyl halides is 2. The molecule has 4 aliphatic heterocycles. The lowest BCUT2D eigenvalue weighted by molar-refractivity contribution is -0.134. The monoisotopic (exact) mass is 635 g/mol. The molecule has 246 valence electrons. The van der Waals surface area contributed by atoms with E-state index in [-0.39, 0.29) is 23.4 Å². The molecule has 46 heavy (non-hydrogen) atoms. The van der Waals surface area contributed by atoms with Crippen molar-refractivity contribution in [1.82, 2.24) is 39.6 Å². The molecule has 0 saturated carbocycles. The van der Waals surface area contributed by atoms with E-state index in [1.807, 2.05) is 15.9 Å². The Hall–Kier alpha value is -3.84. The van der Waals surface area contributed by atoms with Crippen LogP contribution in [0.3, 0.4) is 0 Å². The Morgan fingerprint density at radius 3 is 2.50 bits per heavy atom. The summed E-state index contributed by atoms with van der Waals surface area (Å²) in [5.41, 5.74) is 5.05. The van der Waals surface area contributed by atoms with E-state index < -0.39 is 6.43 Å². The number of nitrogens with zero attached hydrogens (tertiary/aromatic N) is 8. The number of amides is 2. The Balaban J connectivity index is 1.19. The largest absolute Gasteiger partial charge is 0.341 e. The fourth-order valence-corrected chi connectivity index (χ4v) is 7.60. The van der Waals surface area contributed by atoms with Crippen LogP contribution in [0, 0.1) is 0 Å². The molecular weight excluding hydrogens is 592 g/mol. The summed E-state index contributed by atoms with van der Waals surface area (Å²) in [6.07, 6.45) is 4.69. The smallest absolute Gasteiger partial charge is 0.264 e. The van der Waals surface area contributed by atoms with Crippen LogP contribution in [-0.2, 0) is 36.0 Å². The molecule has 2 saturated heterocycles. The van der Waals surface area contributed by atoms with E-state index in [4.69, 9.17) is 5.10 Å². The number of hydrogen-bond acceptors (Lipinski definition) is 7. The van der Waals surface area contributed by atoms with E-state index in [2.05, 4.69) is 24.9 Å². The molecule has 3 aromatic rings. The van der Waals surface area contributed by atoms with Gasteiger partial charge in [-0.1, -0.05) is 0 Å². The van der Waals surface area contributed by atoms with Gasteiger partial charge in [0.25, 0.3) is 6.43 Å². The van der Waals surface area contributed by atoms with Crippen LogP contribution < -0.4 is 10.2 Å². The predicted octanol–water partition coefficient (Wildman–Crippen LogP) is 3.28. The molecule has 2 fully saturated rings. The number of rotatable bonds is 6. The van der Waals surface area contributed by atoms with Crippen molar-refractivity contribution in [2.45, 2.75) is 58.0 Å². The summed E-state index contributed by atoms with van der Waals surface area (Å²) in [4.78, 5) is 33.7. The molecule has 6 heterocycles. The highest BCUT2D eigenvalue weighted by Crippen LogP contribution is 2.43. The minimum atomic E-state index is -2.65. The van der Waals surface area contributed by atoms with Crippen LogP contribution in [0.4, 0.5) is 20.3 Å². The number of nitrogens with one attached hydrogen (secondary N) is 1. The lowest BCUT2D eigenvalue weighted by atomic mass is 9.92. The van der Waals surface area contributed by atoms with Gasteiger partial charge in [-0.25, -0.2) is 8.78 Å². The van der Waals surface area contributed by atoms with Gasteiger partial charge in [-0.15, -0.1) is 0 Å². The SMILES string of the molecule is CC(=O)N1CCc2c(c(N3CCCc4cc(-c5cnn(C)c5)c(C(F)F)cc43)nn2C2CCN(C(=O)CN3CCNCC3)CC2)C1. The summed E-state index contributed by atoms with van der Waals surface area (Å²) < 4.78 is 32.9. The van der Waals surface area contributed by atoms with E-state index in [9.17, 15) is 18.4 Å². The second-order valence-electron chi connectivity index (χ2n) is 13.0. The molecule has 0 bridgehead atoms. The van der Waals surface area contributed by atoms with Crippen molar-refractivity contribution < 1.29 is 18.4 Å². The van der Waals surface area contributed by atoms with Gasteiger partial charge in [0.15, 0.2) is 5.82 Å². The highest BCUT2D eigenvalue weighted by atomic mass is 19.3. The first-order valence-corrected chi connectivity index (χ1v) is 16.5. The van der Waals surface area contributed by atoms with Crippen molar-refractivity contribution in [3.63, 3.8) is 0 Å². The summed E-state index contributed by atoms with van der Waals surface area (Å²) in [7, 11) is 1.78. The Kier molecular flexibility index (Phi) is 8.53. The Bertz CT molecular complexity index is 1600. The quantitative estimate of drug-likeness (QED) is 0.445. The molecule has 0 atom stereocenters. The summed E-state index contributed by atoms with van der Waals surface area (Å²) in [5.74, 6) is 0.959. The van der Waals surface area contributed by atoms with Crippen molar-refractivity contribution in [3.8, 4) is 11.1 Å². The average molecular weight is 636 g/mol. The molecule has 0 aliphatic carbocycles. The van der Waals surface area contributed by atoms with Crippen LogP contribution >= 0.6 is 0 Å². The molecule has 11 nitrogen and oxygen atoms in total. The van der Waals surface area contributed by atoms with Crippen LogP contribution in [0.25, 0.3) is 11.1 Å². The van der Waals surface area contributed by atoms with Gasteiger partial charge in [-0.05, 0) is 48.9 Å². The lowest BCUT2D eigenvalue weighted by Gasteiger charge is -2.35. The van der Waals surface area contributed by atoms with E-state index >= 15 is 0 Å². The number of halogens is 2. The number of hydrogen-bond donors (Lipinski definition) is 1. The van der Waals surface area contributed by atoms with Gasteiger partial charge >= 0.3 is 0 Å². The van der Waals surface area contributed by atoms with Crippen LogP contribution in [0.15, 0.2) is 24.5 Å². The van der Waals surface area contributed by atoms with E-state index in [0.717, 1.165) is 80.2 Å². The van der Waals surface area contributed by atoms with Crippen LogP contribution in [0.5, 0.6) is 0 Å². The second-order valence-corrected chi connectivity index (χ2v) is 13.0. The topological polar surface area (TPSA) is 94.8 Å². The Morgan fingerprint density at radius 1 is 1.02 bits per heavy atom. The number of anilines is 2. The first-order chi connectivity index (χ1) is 22.3. The molecule has 13 heteroatoms. The predicted molar refractivity (Wildman–Crippen MR) is 170 cm³/mol. The third-order valence-electron chi connectivity index (χ3n) is 10.1. The maximum absolute atomic E-state index is 14.6. The number of piperidine rings is 1. The van der Waals surface area contributed by atoms with Crippen molar-refractivity contribution in [3.05, 3.63) is 46.9 Å². The van der Waals surface area contributed by atoms with E-state index in [1.165, 1.54) is 0 Å². The molecule has 2 amide bonds. The Labute approximate surface area is 268 Å². The number of aryl methyl sites for hydroxylation is 2. The Morgan fingerprint density at radius 2 is 1.80 bits per heavy atom. The number of benzene rings is 1. The van der Waals surface area contributed by atoms with Gasteiger partial charge in [0.1, 0.15) is 0 Å². The maximum Gasteiger partial charge on any atom is 0.264 e. The first-order valence-electron chi connectivity index (χ1n) is 16.5. The van der Waals surface area contributed by atoms with Crippen molar-refractivity contribution >= 4 is 23.3 Å². The fraction of sp³-hybridized carbons (Fsp3) is 0.576. The zero-order valence-corrected chi connectivity index (χ0v) is 26.7. The van der Waals surface area contributed by atoms with Gasteiger partial charge in [0, 0.05) is 107 Å². The molecule has 1 N–H and O–H groups in total. The molecule has 2 aromatic heterocycles. The molecule has 0 unspecified atom stereocenters. The number of fused-ring (bicyclic) bond motifs is 2. The first kappa shape index (κ1) is 30.8. The fourth-order valence-electron chi connectivity index (χ4n) is 7.60. The second kappa shape index (κ2) is 12.7. The number of carbonyl (C=O) groups excluding carboxylic acids is 2. The lowest BCUT2D eigenvalue weighted by Crippen LogP contribution is -2.49. The zero-order chi connectivity index (χ0) is 31.9. The molecule has 0 spiro atoms. The third kappa shape index (κ3) is 5.90. The van der Waals surface area contributed by atoms with Gasteiger partial charge in [-0.3, -0.25) is 23.9 Å². The van der Waals surface area contributed by atoms with Crippen molar-refractivity contribution in [1.29, 1.82) is 0 Å². The maximum atomic E-state index is 14.6. The van der Waals surface area contributed by atoms with Crippen LogP contribution in [-0.4, -0.2) is 105 Å².